The van der Waals surface area contributed by atoms with Gasteiger partial charge < -0.3 is 14.5 Å². The van der Waals surface area contributed by atoms with E-state index in [0.717, 1.165) is 18.4 Å². The van der Waals surface area contributed by atoms with Crippen molar-refractivity contribution < 1.29 is 9.53 Å². The Kier molecular flexibility index (Phi) is 5.01. The van der Waals surface area contributed by atoms with E-state index >= 15 is 0 Å². The molecule has 2 aromatic heterocycles. The van der Waals surface area contributed by atoms with Crippen LogP contribution < -0.4 is 9.64 Å². The maximum absolute atomic E-state index is 13.0. The van der Waals surface area contributed by atoms with Crippen molar-refractivity contribution in [1.29, 1.82) is 0 Å². The Morgan fingerprint density at radius 2 is 1.82 bits per heavy atom. The highest BCUT2D eigenvalue weighted by Gasteiger charge is 2.27. The number of nitrogens with zero attached hydrogens (tertiary/aromatic N) is 6. The van der Waals surface area contributed by atoms with Gasteiger partial charge >= 0.3 is 0 Å². The first-order chi connectivity index (χ1) is 13.6. The number of hydrogen-bond donors (Lipinski definition) is 0. The van der Waals surface area contributed by atoms with Crippen molar-refractivity contribution in [2.24, 2.45) is 0 Å². The zero-order valence-electron chi connectivity index (χ0n) is 15.9. The third-order valence-corrected chi connectivity index (χ3v) is 4.73. The Labute approximate surface area is 163 Å². The van der Waals surface area contributed by atoms with Crippen LogP contribution in [0.3, 0.4) is 0 Å². The first-order valence-corrected chi connectivity index (χ1v) is 9.27. The molecule has 1 fully saturated rings. The van der Waals surface area contributed by atoms with Gasteiger partial charge in [0, 0.05) is 51.0 Å². The second-order valence-electron chi connectivity index (χ2n) is 6.97. The average molecular weight is 378 g/mol. The molecule has 3 heterocycles. The number of likely N-dealkylation sites (tertiary alicyclic amines) is 1. The summed E-state index contributed by atoms with van der Waals surface area (Å²) in [6.45, 7) is 1.22. The van der Waals surface area contributed by atoms with Gasteiger partial charge in [0.2, 0.25) is 0 Å². The number of carbonyl (C=O) groups is 1. The summed E-state index contributed by atoms with van der Waals surface area (Å²) < 4.78 is 6.10. The highest BCUT2D eigenvalue weighted by atomic mass is 16.5. The molecule has 28 heavy (non-hydrogen) atoms. The molecule has 1 aliphatic heterocycles. The van der Waals surface area contributed by atoms with Crippen LogP contribution in [0.1, 0.15) is 23.2 Å². The molecule has 0 bridgehead atoms. The molecule has 0 aliphatic carbocycles. The van der Waals surface area contributed by atoms with Gasteiger partial charge in [-0.15, -0.1) is 0 Å². The normalized spacial score (nSPS) is 16.8. The fourth-order valence-electron chi connectivity index (χ4n) is 3.36. The summed E-state index contributed by atoms with van der Waals surface area (Å²) in [5.41, 5.74) is 2.10. The second kappa shape index (κ2) is 7.75. The predicted molar refractivity (Wildman–Crippen MR) is 105 cm³/mol. The van der Waals surface area contributed by atoms with E-state index in [1.807, 2.05) is 30.0 Å². The van der Waals surface area contributed by atoms with E-state index in [-0.39, 0.29) is 12.0 Å². The van der Waals surface area contributed by atoms with Crippen molar-refractivity contribution in [2.75, 3.05) is 32.1 Å². The van der Waals surface area contributed by atoms with Crippen molar-refractivity contribution in [1.82, 2.24) is 24.8 Å². The van der Waals surface area contributed by atoms with E-state index < -0.39 is 0 Å². The zero-order chi connectivity index (χ0) is 19.5. The Morgan fingerprint density at radius 1 is 1.07 bits per heavy atom. The molecule has 144 valence electrons. The van der Waals surface area contributed by atoms with Crippen LogP contribution in [-0.2, 0) is 0 Å². The van der Waals surface area contributed by atoms with Crippen LogP contribution in [0.25, 0.3) is 11.0 Å². The molecule has 0 saturated carbocycles. The van der Waals surface area contributed by atoms with E-state index in [1.165, 1.54) is 0 Å². The molecule has 0 N–H and O–H groups in total. The number of amides is 1. The summed E-state index contributed by atoms with van der Waals surface area (Å²) in [6, 6.07) is 5.43. The Hall–Kier alpha value is -3.29. The number of hydrogen-bond acceptors (Lipinski definition) is 7. The van der Waals surface area contributed by atoms with Gasteiger partial charge in [-0.25, -0.2) is 9.97 Å². The minimum Gasteiger partial charge on any atom is -0.470 e. The molecule has 3 aromatic rings. The van der Waals surface area contributed by atoms with E-state index in [2.05, 4.69) is 19.9 Å². The van der Waals surface area contributed by atoms with Crippen LogP contribution in [0.5, 0.6) is 5.88 Å². The number of aromatic nitrogens is 4. The fraction of sp³-hybridized carbons (Fsp3) is 0.350. The first-order valence-electron chi connectivity index (χ1n) is 9.27. The number of carbonyl (C=O) groups excluding carboxylic acids is 1. The van der Waals surface area contributed by atoms with Crippen molar-refractivity contribution >= 4 is 22.8 Å². The summed E-state index contributed by atoms with van der Waals surface area (Å²) in [5, 5.41) is 0. The fourth-order valence-corrected chi connectivity index (χ4v) is 3.36. The van der Waals surface area contributed by atoms with Crippen LogP contribution in [0.15, 0.2) is 43.0 Å². The number of piperidine rings is 1. The van der Waals surface area contributed by atoms with Gasteiger partial charge in [-0.2, -0.15) is 0 Å². The smallest absolute Gasteiger partial charge is 0.257 e. The largest absolute Gasteiger partial charge is 0.470 e. The number of ether oxygens (including phenoxy) is 1. The minimum atomic E-state index is -0.117. The topological polar surface area (TPSA) is 84.3 Å². The number of fused-ring (bicyclic) bond motifs is 1. The molecule has 8 nitrogen and oxygen atoms in total. The van der Waals surface area contributed by atoms with Gasteiger partial charge in [-0.1, -0.05) is 0 Å². The van der Waals surface area contributed by atoms with E-state index in [0.29, 0.717) is 35.9 Å². The Bertz CT molecular complexity index is 993. The van der Waals surface area contributed by atoms with Gasteiger partial charge in [-0.05, 0) is 31.0 Å². The summed E-state index contributed by atoms with van der Waals surface area (Å²) in [7, 11) is 3.80. The van der Waals surface area contributed by atoms with Crippen LogP contribution in [0.4, 0.5) is 5.82 Å². The van der Waals surface area contributed by atoms with E-state index in [9.17, 15) is 4.79 Å². The van der Waals surface area contributed by atoms with E-state index in [4.69, 9.17) is 4.74 Å². The molecule has 0 spiro atoms. The van der Waals surface area contributed by atoms with Gasteiger partial charge in [0.1, 0.15) is 6.10 Å². The molecule has 1 saturated heterocycles. The van der Waals surface area contributed by atoms with Gasteiger partial charge in [0.25, 0.3) is 11.8 Å². The minimum absolute atomic E-state index is 0.0205. The van der Waals surface area contributed by atoms with Crippen LogP contribution in [0.2, 0.25) is 0 Å². The molecular formula is C20H22N6O2. The average Bonchev–Trinajstić information content (AvgIpc) is 2.73. The van der Waals surface area contributed by atoms with Crippen molar-refractivity contribution in [3.63, 3.8) is 0 Å². The number of benzene rings is 1. The second-order valence-corrected chi connectivity index (χ2v) is 6.97. The molecule has 1 atom stereocenters. The predicted octanol–water partition coefficient (Wildman–Crippen LogP) is 2.17. The monoisotopic (exact) mass is 378 g/mol. The quantitative estimate of drug-likeness (QED) is 0.688. The summed E-state index contributed by atoms with van der Waals surface area (Å²) in [4.78, 5) is 33.9. The van der Waals surface area contributed by atoms with Crippen molar-refractivity contribution in [3.8, 4) is 5.88 Å². The molecular weight excluding hydrogens is 356 g/mol. The third kappa shape index (κ3) is 3.71. The van der Waals surface area contributed by atoms with Crippen molar-refractivity contribution in [3.05, 3.63) is 48.5 Å². The van der Waals surface area contributed by atoms with Crippen molar-refractivity contribution in [2.45, 2.75) is 18.9 Å². The first kappa shape index (κ1) is 18.1. The highest BCUT2D eigenvalue weighted by molar-refractivity contribution is 5.97. The maximum Gasteiger partial charge on any atom is 0.257 e. The molecule has 1 aliphatic rings. The van der Waals surface area contributed by atoms with Crippen LogP contribution >= 0.6 is 0 Å². The summed E-state index contributed by atoms with van der Waals surface area (Å²) in [5.74, 6) is 1.15. The van der Waals surface area contributed by atoms with Gasteiger partial charge in [0.15, 0.2) is 5.82 Å². The molecule has 1 aromatic carbocycles. The molecule has 4 rings (SSSR count). The SMILES string of the molecule is CN(C)c1nccnc1O[C@H]1CCCN(C(=O)c2ccc3nccnc3c2)C1. The Morgan fingerprint density at radius 3 is 2.64 bits per heavy atom. The van der Waals surface area contributed by atoms with Crippen LogP contribution in [-0.4, -0.2) is 64.0 Å². The third-order valence-electron chi connectivity index (χ3n) is 4.73. The maximum atomic E-state index is 13.0. The lowest BCUT2D eigenvalue weighted by molar-refractivity contribution is 0.0528. The lowest BCUT2D eigenvalue weighted by Crippen LogP contribution is -2.44. The number of rotatable bonds is 4. The Balaban J connectivity index is 1.49. The molecule has 0 radical (unpaired) electrons. The zero-order valence-corrected chi connectivity index (χ0v) is 15.9. The van der Waals surface area contributed by atoms with E-state index in [1.54, 1.807) is 36.9 Å². The standard InChI is InChI=1S/C20H22N6O2/c1-25(2)18-19(24-10-9-23-18)28-15-4-3-11-26(13-15)20(27)14-5-6-16-17(12-14)22-8-7-21-16/h5-10,12,15H,3-4,11,13H2,1-2H3/t15-/m0/s1. The number of anilines is 1. The van der Waals surface area contributed by atoms with Gasteiger partial charge in [0.05, 0.1) is 17.6 Å². The van der Waals surface area contributed by atoms with Crippen LogP contribution in [0, 0.1) is 0 Å². The molecule has 0 unspecified atom stereocenters. The lowest BCUT2D eigenvalue weighted by atomic mass is 10.1. The molecule has 8 heteroatoms. The molecule has 1 amide bonds. The highest BCUT2D eigenvalue weighted by Crippen LogP contribution is 2.25. The summed E-state index contributed by atoms with van der Waals surface area (Å²) in [6.07, 6.45) is 8.16. The summed E-state index contributed by atoms with van der Waals surface area (Å²) >= 11 is 0. The lowest BCUT2D eigenvalue weighted by Gasteiger charge is -2.33. The van der Waals surface area contributed by atoms with Gasteiger partial charge in [-0.3, -0.25) is 14.8 Å².